The van der Waals surface area contributed by atoms with E-state index in [0.717, 1.165) is 6.26 Å². The maximum absolute atomic E-state index is 11.9. The van der Waals surface area contributed by atoms with Crippen molar-refractivity contribution in [2.24, 2.45) is 0 Å². The third-order valence-corrected chi connectivity index (χ3v) is 3.64. The summed E-state index contributed by atoms with van der Waals surface area (Å²) in [6, 6.07) is 4.04. The smallest absolute Gasteiger partial charge is 0.251 e. The molecule has 0 bridgehead atoms. The quantitative estimate of drug-likeness (QED) is 0.835. The Labute approximate surface area is 107 Å². The molecule has 5 nitrogen and oxygen atoms in total. The van der Waals surface area contributed by atoms with Gasteiger partial charge in [-0.2, -0.15) is 0 Å². The van der Waals surface area contributed by atoms with Crippen LogP contribution in [0.4, 0.5) is 0 Å². The Bertz CT molecular complexity index is 551. The van der Waals surface area contributed by atoms with Crippen LogP contribution in [0.1, 0.15) is 22.8 Å². The molecule has 0 aliphatic rings. The number of hydrogen-bond donors (Lipinski definition) is 2. The normalized spacial score (nSPS) is 13.1. The molecule has 100 valence electrons. The van der Waals surface area contributed by atoms with Gasteiger partial charge in [0.15, 0.2) is 9.84 Å². The summed E-state index contributed by atoms with van der Waals surface area (Å²) < 4.78 is 22.9. The number of carbonyl (C=O) groups is 1. The minimum atomic E-state index is -3.34. The van der Waals surface area contributed by atoms with Crippen LogP contribution in [-0.2, 0) is 9.84 Å². The van der Waals surface area contributed by atoms with Crippen LogP contribution in [0.5, 0.6) is 0 Å². The van der Waals surface area contributed by atoms with E-state index in [-0.39, 0.29) is 23.5 Å². The summed E-state index contributed by atoms with van der Waals surface area (Å²) in [5.74, 6) is -0.389. The van der Waals surface area contributed by atoms with E-state index >= 15 is 0 Å². The van der Waals surface area contributed by atoms with E-state index in [1.54, 1.807) is 19.9 Å². The van der Waals surface area contributed by atoms with Crippen LogP contribution in [0.2, 0.25) is 0 Å². The number of aliphatic hydroxyl groups is 1. The summed E-state index contributed by atoms with van der Waals surface area (Å²) in [5.41, 5.74) is 0.989. The fraction of sp³-hybridized carbons (Fsp3) is 0.417. The molecule has 0 aliphatic heterocycles. The molecule has 1 aromatic carbocycles. The summed E-state index contributed by atoms with van der Waals surface area (Å²) in [7, 11) is -3.34. The Balaban J connectivity index is 3.12. The fourth-order valence-corrected chi connectivity index (χ4v) is 2.07. The molecular formula is C12H17NO4S. The highest BCUT2D eigenvalue weighted by molar-refractivity contribution is 7.90. The maximum atomic E-state index is 11.9. The minimum absolute atomic E-state index is 0.106. The van der Waals surface area contributed by atoms with Gasteiger partial charge in [0.1, 0.15) is 0 Å². The molecule has 2 N–H and O–H groups in total. The lowest BCUT2D eigenvalue weighted by Gasteiger charge is -2.13. The van der Waals surface area contributed by atoms with Gasteiger partial charge in [0.2, 0.25) is 0 Å². The number of hydrogen-bond acceptors (Lipinski definition) is 4. The van der Waals surface area contributed by atoms with Crippen molar-refractivity contribution < 1.29 is 18.3 Å². The largest absolute Gasteiger partial charge is 0.394 e. The number of rotatable bonds is 4. The molecule has 1 rings (SSSR count). The van der Waals surface area contributed by atoms with Crippen LogP contribution in [0.3, 0.4) is 0 Å². The fourth-order valence-electron chi connectivity index (χ4n) is 1.42. The molecule has 0 aromatic heterocycles. The summed E-state index contributed by atoms with van der Waals surface area (Å²) in [4.78, 5) is 12.0. The second kappa shape index (κ2) is 5.49. The van der Waals surface area contributed by atoms with E-state index in [0.29, 0.717) is 11.1 Å². The van der Waals surface area contributed by atoms with Gasteiger partial charge in [0.25, 0.3) is 5.91 Å². The van der Waals surface area contributed by atoms with Gasteiger partial charge >= 0.3 is 0 Å². The predicted octanol–water partition coefficient (Wildman–Crippen LogP) is 0.509. The minimum Gasteiger partial charge on any atom is -0.394 e. The summed E-state index contributed by atoms with van der Waals surface area (Å²) in [6.07, 6.45) is 1.09. The van der Waals surface area contributed by atoms with Gasteiger partial charge in [-0.15, -0.1) is 0 Å². The van der Waals surface area contributed by atoms with Crippen molar-refractivity contribution in [1.29, 1.82) is 0 Å². The average Bonchev–Trinajstić information content (AvgIpc) is 2.27. The van der Waals surface area contributed by atoms with E-state index in [2.05, 4.69) is 5.32 Å². The monoisotopic (exact) mass is 271 g/mol. The van der Waals surface area contributed by atoms with E-state index in [4.69, 9.17) is 5.11 Å². The molecule has 0 fully saturated rings. The molecule has 0 saturated carbocycles. The van der Waals surface area contributed by atoms with Crippen molar-refractivity contribution in [3.05, 3.63) is 29.3 Å². The zero-order valence-corrected chi connectivity index (χ0v) is 11.4. The molecule has 18 heavy (non-hydrogen) atoms. The Hall–Kier alpha value is -1.40. The van der Waals surface area contributed by atoms with Crippen molar-refractivity contribution in [3.63, 3.8) is 0 Å². The lowest BCUT2D eigenvalue weighted by atomic mass is 10.1. The van der Waals surface area contributed by atoms with Gasteiger partial charge in [-0.25, -0.2) is 8.42 Å². The average molecular weight is 271 g/mol. The van der Waals surface area contributed by atoms with Gasteiger partial charge in [-0.3, -0.25) is 4.79 Å². The predicted molar refractivity (Wildman–Crippen MR) is 68.3 cm³/mol. The first-order valence-corrected chi connectivity index (χ1v) is 7.37. The van der Waals surface area contributed by atoms with Gasteiger partial charge in [-0.1, -0.05) is 6.07 Å². The van der Waals surface area contributed by atoms with Crippen LogP contribution in [0.25, 0.3) is 0 Å². The zero-order chi connectivity index (χ0) is 13.9. The number of amides is 1. The number of benzene rings is 1. The van der Waals surface area contributed by atoms with Crippen molar-refractivity contribution in [2.75, 3.05) is 12.9 Å². The lowest BCUT2D eigenvalue weighted by Crippen LogP contribution is -2.35. The first-order chi connectivity index (χ1) is 8.25. The zero-order valence-electron chi connectivity index (χ0n) is 10.6. The highest BCUT2D eigenvalue weighted by Crippen LogP contribution is 2.15. The van der Waals surface area contributed by atoms with E-state index in [1.807, 2.05) is 0 Å². The van der Waals surface area contributed by atoms with Crippen LogP contribution < -0.4 is 5.32 Å². The number of nitrogens with one attached hydrogen (secondary N) is 1. The standard InChI is InChI=1S/C12H17NO4S/c1-8-4-5-10(18(3,16)17)6-11(8)12(15)13-9(2)7-14/h4-6,9,14H,7H2,1-3H3,(H,13,15)/t9-/m1/s1. The third-order valence-electron chi connectivity index (χ3n) is 2.53. The highest BCUT2D eigenvalue weighted by atomic mass is 32.2. The van der Waals surface area contributed by atoms with Crippen LogP contribution in [0.15, 0.2) is 23.1 Å². The van der Waals surface area contributed by atoms with Crippen molar-refractivity contribution in [3.8, 4) is 0 Å². The lowest BCUT2D eigenvalue weighted by molar-refractivity contribution is 0.0921. The molecule has 0 aliphatic carbocycles. The third kappa shape index (κ3) is 3.54. The molecule has 0 heterocycles. The highest BCUT2D eigenvalue weighted by Gasteiger charge is 2.15. The summed E-state index contributed by atoms with van der Waals surface area (Å²) in [5, 5.41) is 11.5. The van der Waals surface area contributed by atoms with E-state index < -0.39 is 9.84 Å². The first kappa shape index (κ1) is 14.7. The SMILES string of the molecule is Cc1ccc(S(C)(=O)=O)cc1C(=O)N[C@H](C)CO. The van der Waals surface area contributed by atoms with Crippen molar-refractivity contribution in [2.45, 2.75) is 24.8 Å². The number of aliphatic hydroxyl groups excluding tert-OH is 1. The Kier molecular flexibility index (Phi) is 4.48. The van der Waals surface area contributed by atoms with Gasteiger partial charge in [0.05, 0.1) is 11.5 Å². The topological polar surface area (TPSA) is 83.5 Å². The Morgan fingerprint density at radius 1 is 1.44 bits per heavy atom. The second-order valence-corrected chi connectivity index (χ2v) is 6.32. The molecule has 0 unspecified atom stereocenters. The molecule has 0 spiro atoms. The maximum Gasteiger partial charge on any atom is 0.251 e. The Morgan fingerprint density at radius 2 is 2.06 bits per heavy atom. The molecule has 0 saturated heterocycles. The van der Waals surface area contributed by atoms with Crippen LogP contribution in [0, 0.1) is 6.92 Å². The van der Waals surface area contributed by atoms with Crippen molar-refractivity contribution in [1.82, 2.24) is 5.32 Å². The first-order valence-electron chi connectivity index (χ1n) is 5.48. The Morgan fingerprint density at radius 3 is 2.56 bits per heavy atom. The molecule has 1 atom stereocenters. The summed E-state index contributed by atoms with van der Waals surface area (Å²) >= 11 is 0. The number of sulfone groups is 1. The molecule has 1 amide bonds. The number of aryl methyl sites for hydroxylation is 1. The summed E-state index contributed by atoms with van der Waals surface area (Å²) in [6.45, 7) is 3.22. The van der Waals surface area contributed by atoms with Crippen LogP contribution >= 0.6 is 0 Å². The number of carbonyl (C=O) groups excluding carboxylic acids is 1. The van der Waals surface area contributed by atoms with Crippen LogP contribution in [-0.4, -0.2) is 38.3 Å². The van der Waals surface area contributed by atoms with Crippen molar-refractivity contribution >= 4 is 15.7 Å². The van der Waals surface area contributed by atoms with E-state index in [9.17, 15) is 13.2 Å². The molecule has 6 heteroatoms. The van der Waals surface area contributed by atoms with Gasteiger partial charge in [-0.05, 0) is 31.5 Å². The van der Waals surface area contributed by atoms with Gasteiger partial charge in [0, 0.05) is 17.9 Å². The van der Waals surface area contributed by atoms with E-state index in [1.165, 1.54) is 12.1 Å². The second-order valence-electron chi connectivity index (χ2n) is 4.31. The van der Waals surface area contributed by atoms with Gasteiger partial charge < -0.3 is 10.4 Å². The molecular weight excluding hydrogens is 254 g/mol. The molecule has 1 aromatic rings. The molecule has 0 radical (unpaired) electrons.